The molecule has 1 aliphatic carbocycles. The van der Waals surface area contributed by atoms with Crippen molar-refractivity contribution in [2.45, 2.75) is 31.7 Å². The Morgan fingerprint density at radius 3 is 2.52 bits per heavy atom. The van der Waals surface area contributed by atoms with Gasteiger partial charge in [0.25, 0.3) is 0 Å². The van der Waals surface area contributed by atoms with Gasteiger partial charge in [-0.1, -0.05) is 42.5 Å². The van der Waals surface area contributed by atoms with Crippen molar-refractivity contribution in [3.05, 3.63) is 60.7 Å². The first kappa shape index (κ1) is 22.7. The van der Waals surface area contributed by atoms with Gasteiger partial charge in [0.15, 0.2) is 0 Å². The Morgan fingerprint density at radius 2 is 1.93 bits per heavy atom. The van der Waals surface area contributed by atoms with Crippen LogP contribution >= 0.6 is 0 Å². The van der Waals surface area contributed by atoms with Crippen LogP contribution in [0.1, 0.15) is 18.4 Å². The number of alkyl halides is 3. The highest BCUT2D eigenvalue weighted by Crippen LogP contribution is 2.43. The normalized spacial score (nSPS) is 24.0. The first-order valence-corrected chi connectivity index (χ1v) is 8.98. The number of hydrogen-bond acceptors (Lipinski definition) is 5. The van der Waals surface area contributed by atoms with Crippen LogP contribution in [0.25, 0.3) is 0 Å². The highest BCUT2D eigenvalue weighted by atomic mass is 19.4. The highest BCUT2D eigenvalue weighted by molar-refractivity contribution is 5.76. The van der Waals surface area contributed by atoms with E-state index in [1.165, 1.54) is 13.2 Å². The number of hydrogen-bond donors (Lipinski definition) is 0. The zero-order valence-corrected chi connectivity index (χ0v) is 16.0. The summed E-state index contributed by atoms with van der Waals surface area (Å²) in [4.78, 5) is 23.0. The van der Waals surface area contributed by atoms with Crippen LogP contribution in [0, 0.1) is 11.3 Å². The number of allylic oxidation sites excluding steroid dienone is 1. The maximum Gasteiger partial charge on any atom is 0.490 e. The van der Waals surface area contributed by atoms with E-state index in [4.69, 9.17) is 9.47 Å². The molecule has 3 atom stereocenters. The van der Waals surface area contributed by atoms with Gasteiger partial charge in [-0.15, -0.1) is 6.58 Å². The van der Waals surface area contributed by atoms with Crippen LogP contribution in [0.15, 0.2) is 55.1 Å². The molecule has 1 aromatic carbocycles. The van der Waals surface area contributed by atoms with E-state index in [9.17, 15) is 22.8 Å². The molecule has 5 nitrogen and oxygen atoms in total. The van der Waals surface area contributed by atoms with Gasteiger partial charge in [-0.3, -0.25) is 4.79 Å². The van der Waals surface area contributed by atoms with E-state index >= 15 is 0 Å². The molecule has 0 N–H and O–H groups in total. The molecule has 0 aliphatic heterocycles. The zero-order valence-electron chi connectivity index (χ0n) is 16.0. The van der Waals surface area contributed by atoms with Gasteiger partial charge in [0.2, 0.25) is 0 Å². The molecule has 2 rings (SSSR count). The fourth-order valence-corrected chi connectivity index (χ4v) is 3.26. The lowest BCUT2D eigenvalue weighted by Crippen LogP contribution is -2.42. The summed E-state index contributed by atoms with van der Waals surface area (Å²) < 4.78 is 52.8. The molecule has 8 heteroatoms. The van der Waals surface area contributed by atoms with E-state index in [0.29, 0.717) is 0 Å². The number of methoxy groups -OCH3 is 1. The van der Waals surface area contributed by atoms with Crippen LogP contribution in [-0.2, 0) is 30.4 Å². The molecule has 0 saturated heterocycles. The molecule has 0 unspecified atom stereocenters. The Hall–Kier alpha value is -2.61. The van der Waals surface area contributed by atoms with Crippen molar-refractivity contribution < 1.29 is 37.0 Å². The summed E-state index contributed by atoms with van der Waals surface area (Å²) in [5.74, 6) is -3.16. The average molecular weight is 412 g/mol. The molecule has 0 saturated carbocycles. The Balaban J connectivity index is 2.17. The van der Waals surface area contributed by atoms with Crippen molar-refractivity contribution in [3.63, 3.8) is 0 Å². The molecule has 0 radical (unpaired) electrons. The molecule has 0 fully saturated rings. The van der Waals surface area contributed by atoms with Crippen LogP contribution in [0.5, 0.6) is 0 Å². The summed E-state index contributed by atoms with van der Waals surface area (Å²) in [6.07, 6.45) is -1.74. The Morgan fingerprint density at radius 1 is 1.24 bits per heavy atom. The van der Waals surface area contributed by atoms with E-state index < -0.39 is 35.6 Å². The van der Waals surface area contributed by atoms with Crippen LogP contribution < -0.4 is 0 Å². The number of ether oxygens (including phenoxy) is 3. The number of carbonyl (C=O) groups excluding carboxylic acids is 2. The van der Waals surface area contributed by atoms with E-state index in [0.717, 1.165) is 5.56 Å². The van der Waals surface area contributed by atoms with Crippen LogP contribution in [0.2, 0.25) is 0 Å². The lowest BCUT2D eigenvalue weighted by molar-refractivity contribution is -0.204. The molecule has 0 spiro atoms. The fraction of sp³-hybridized carbons (Fsp3) is 0.429. The predicted octanol–water partition coefficient (Wildman–Crippen LogP) is 3.99. The Labute approximate surface area is 167 Å². The third kappa shape index (κ3) is 6.19. The lowest BCUT2D eigenvalue weighted by Gasteiger charge is -2.41. The minimum Gasteiger partial charge on any atom is -0.469 e. The zero-order chi connectivity index (χ0) is 21.5. The van der Waals surface area contributed by atoms with Gasteiger partial charge >= 0.3 is 18.1 Å². The van der Waals surface area contributed by atoms with Gasteiger partial charge in [0.1, 0.15) is 6.10 Å². The predicted molar refractivity (Wildman–Crippen MR) is 98.5 cm³/mol. The number of esters is 2. The average Bonchev–Trinajstić information content (AvgIpc) is 2.69. The van der Waals surface area contributed by atoms with Crippen LogP contribution in [-0.4, -0.2) is 37.9 Å². The molecular weight excluding hydrogens is 389 g/mol. The topological polar surface area (TPSA) is 61.8 Å². The summed E-state index contributed by atoms with van der Waals surface area (Å²) in [5.41, 5.74) is 0.0106. The molecule has 0 aromatic heterocycles. The lowest BCUT2D eigenvalue weighted by atomic mass is 9.67. The molecule has 0 bridgehead atoms. The molecule has 1 aliphatic rings. The standard InChI is InChI=1S/C21H23F3O5/c1-3-20(14-28-13-15-7-5-4-6-8-15)12-17(29-19(26)21(22,23)24)10-9-16(20)11-18(25)27-2/h3-10,16-17H,1,11-14H2,2H3/t16-,17+,20+/m0/s1. The van der Waals surface area contributed by atoms with Gasteiger partial charge in [-0.25, -0.2) is 4.79 Å². The number of halogens is 3. The number of carbonyl (C=O) groups is 2. The largest absolute Gasteiger partial charge is 0.490 e. The second-order valence-electron chi connectivity index (χ2n) is 6.83. The second kappa shape index (κ2) is 9.73. The maximum absolute atomic E-state index is 12.6. The Kier molecular flexibility index (Phi) is 7.61. The first-order valence-electron chi connectivity index (χ1n) is 8.98. The smallest absolute Gasteiger partial charge is 0.469 e. The summed E-state index contributed by atoms with van der Waals surface area (Å²) in [7, 11) is 1.25. The van der Waals surface area contributed by atoms with Gasteiger partial charge < -0.3 is 14.2 Å². The summed E-state index contributed by atoms with van der Waals surface area (Å²) in [5, 5.41) is 0. The Bertz CT molecular complexity index is 744. The highest BCUT2D eigenvalue weighted by Gasteiger charge is 2.46. The molecule has 0 heterocycles. The second-order valence-corrected chi connectivity index (χ2v) is 6.83. The van der Waals surface area contributed by atoms with Crippen molar-refractivity contribution >= 4 is 11.9 Å². The number of rotatable bonds is 8. The SMILES string of the molecule is C=C[C@]1(COCc2ccccc2)C[C@H](OC(=O)C(F)(F)F)C=C[C@H]1CC(=O)OC. The van der Waals surface area contributed by atoms with Crippen LogP contribution in [0.4, 0.5) is 13.2 Å². The van der Waals surface area contributed by atoms with Crippen molar-refractivity contribution in [1.29, 1.82) is 0 Å². The molecular formula is C21H23F3O5. The maximum atomic E-state index is 12.6. The number of benzene rings is 1. The van der Waals surface area contributed by atoms with Gasteiger partial charge in [-0.05, 0) is 24.0 Å². The molecule has 1 aromatic rings. The summed E-state index contributed by atoms with van der Waals surface area (Å²) in [6.45, 7) is 4.16. The third-order valence-corrected chi connectivity index (χ3v) is 4.87. The van der Waals surface area contributed by atoms with E-state index in [1.54, 1.807) is 12.2 Å². The van der Waals surface area contributed by atoms with E-state index in [2.05, 4.69) is 11.3 Å². The van der Waals surface area contributed by atoms with Gasteiger partial charge in [-0.2, -0.15) is 13.2 Å². The van der Waals surface area contributed by atoms with E-state index in [1.807, 2.05) is 30.3 Å². The van der Waals surface area contributed by atoms with Crippen molar-refractivity contribution in [2.24, 2.45) is 11.3 Å². The minimum absolute atomic E-state index is 0.00523. The summed E-state index contributed by atoms with van der Waals surface area (Å²) in [6, 6.07) is 9.34. The first-order chi connectivity index (χ1) is 13.7. The van der Waals surface area contributed by atoms with Crippen LogP contribution in [0.3, 0.4) is 0 Å². The monoisotopic (exact) mass is 412 g/mol. The fourth-order valence-electron chi connectivity index (χ4n) is 3.26. The van der Waals surface area contributed by atoms with Crippen molar-refractivity contribution in [3.8, 4) is 0 Å². The summed E-state index contributed by atoms with van der Waals surface area (Å²) >= 11 is 0. The van der Waals surface area contributed by atoms with Gasteiger partial charge in [0.05, 0.1) is 26.7 Å². The third-order valence-electron chi connectivity index (χ3n) is 4.87. The van der Waals surface area contributed by atoms with E-state index in [-0.39, 0.29) is 26.1 Å². The van der Waals surface area contributed by atoms with Crippen molar-refractivity contribution in [2.75, 3.05) is 13.7 Å². The molecule has 158 valence electrons. The van der Waals surface area contributed by atoms with Crippen molar-refractivity contribution in [1.82, 2.24) is 0 Å². The van der Waals surface area contributed by atoms with Gasteiger partial charge in [0, 0.05) is 5.41 Å². The molecule has 29 heavy (non-hydrogen) atoms. The molecule has 0 amide bonds. The minimum atomic E-state index is -5.09. The quantitative estimate of drug-likeness (QED) is 0.477.